The molecular weight excluding hydrogens is 295 g/mol. The molecule has 106 valence electrons. The highest BCUT2D eigenvalue weighted by Crippen LogP contribution is 2.33. The monoisotopic (exact) mass is 304 g/mol. The van der Waals surface area contributed by atoms with E-state index < -0.39 is 11.7 Å². The molecule has 0 radical (unpaired) electrons. The standard InChI is InChI=1S/C12H9FN6OS/c13-6-2-7(14)5(10(15)20)1-8(6)21-12-9-11(17-3-16-9)18-4-19-12/h1-4H,14H2,(H2,15,20)(H,16,17,18,19). The van der Waals surface area contributed by atoms with Crippen molar-refractivity contribution < 1.29 is 9.18 Å². The number of imidazole rings is 1. The molecular formula is C12H9FN6OS. The summed E-state index contributed by atoms with van der Waals surface area (Å²) in [5.74, 6) is -1.28. The van der Waals surface area contributed by atoms with Crippen molar-refractivity contribution in [3.8, 4) is 0 Å². The van der Waals surface area contributed by atoms with Crippen molar-refractivity contribution in [2.75, 3.05) is 5.73 Å². The van der Waals surface area contributed by atoms with Gasteiger partial charge in [0.2, 0.25) is 0 Å². The van der Waals surface area contributed by atoms with Crippen molar-refractivity contribution in [1.82, 2.24) is 19.9 Å². The van der Waals surface area contributed by atoms with Gasteiger partial charge in [-0.3, -0.25) is 4.79 Å². The first-order valence-electron chi connectivity index (χ1n) is 5.77. The fourth-order valence-corrected chi connectivity index (χ4v) is 2.68. The molecule has 0 unspecified atom stereocenters. The predicted octanol–water partition coefficient (Wildman–Crippen LogP) is 1.32. The molecule has 0 bridgehead atoms. The van der Waals surface area contributed by atoms with Crippen LogP contribution in [0.25, 0.3) is 11.2 Å². The van der Waals surface area contributed by atoms with Gasteiger partial charge in [0.15, 0.2) is 5.65 Å². The maximum atomic E-state index is 14.0. The van der Waals surface area contributed by atoms with Gasteiger partial charge in [0.25, 0.3) is 5.91 Å². The molecule has 3 aromatic rings. The lowest BCUT2D eigenvalue weighted by Crippen LogP contribution is -2.14. The number of rotatable bonds is 3. The lowest BCUT2D eigenvalue weighted by molar-refractivity contribution is 0.100. The number of benzene rings is 1. The number of anilines is 1. The van der Waals surface area contributed by atoms with Crippen molar-refractivity contribution in [3.63, 3.8) is 0 Å². The predicted molar refractivity (Wildman–Crippen MR) is 75.1 cm³/mol. The van der Waals surface area contributed by atoms with E-state index >= 15 is 0 Å². The topological polar surface area (TPSA) is 124 Å². The van der Waals surface area contributed by atoms with E-state index in [4.69, 9.17) is 11.5 Å². The van der Waals surface area contributed by atoms with Crippen LogP contribution in [0.15, 0.2) is 34.7 Å². The molecule has 0 aliphatic rings. The average molecular weight is 304 g/mol. The average Bonchev–Trinajstić information content (AvgIpc) is 2.90. The molecule has 1 amide bonds. The number of H-pyrrole nitrogens is 1. The van der Waals surface area contributed by atoms with E-state index in [0.29, 0.717) is 16.2 Å². The van der Waals surface area contributed by atoms with Crippen LogP contribution >= 0.6 is 11.8 Å². The molecule has 0 spiro atoms. The van der Waals surface area contributed by atoms with Crippen LogP contribution in [0, 0.1) is 5.82 Å². The number of primary amides is 1. The summed E-state index contributed by atoms with van der Waals surface area (Å²) in [5.41, 5.74) is 11.9. The molecule has 0 fully saturated rings. The van der Waals surface area contributed by atoms with Gasteiger partial charge < -0.3 is 16.5 Å². The molecule has 3 rings (SSSR count). The van der Waals surface area contributed by atoms with Crippen molar-refractivity contribution >= 4 is 34.5 Å². The molecule has 0 aliphatic carbocycles. The molecule has 2 aromatic heterocycles. The summed E-state index contributed by atoms with van der Waals surface area (Å²) in [6, 6.07) is 2.37. The second-order valence-corrected chi connectivity index (χ2v) is 5.15. The summed E-state index contributed by atoms with van der Waals surface area (Å²) in [6.07, 6.45) is 2.80. The number of halogens is 1. The van der Waals surface area contributed by atoms with E-state index in [2.05, 4.69) is 19.9 Å². The number of nitrogens with zero attached hydrogens (tertiary/aromatic N) is 3. The first-order valence-corrected chi connectivity index (χ1v) is 6.58. The van der Waals surface area contributed by atoms with E-state index in [9.17, 15) is 9.18 Å². The minimum absolute atomic E-state index is 0.00118. The van der Waals surface area contributed by atoms with Crippen molar-refractivity contribution in [2.24, 2.45) is 5.73 Å². The maximum Gasteiger partial charge on any atom is 0.250 e. The summed E-state index contributed by atoms with van der Waals surface area (Å²) in [5, 5.41) is 0.483. The minimum Gasteiger partial charge on any atom is -0.398 e. The lowest BCUT2D eigenvalue weighted by Gasteiger charge is -2.07. The normalized spacial score (nSPS) is 10.9. The zero-order valence-electron chi connectivity index (χ0n) is 10.5. The van der Waals surface area contributed by atoms with Crippen molar-refractivity contribution in [3.05, 3.63) is 36.2 Å². The van der Waals surface area contributed by atoms with Crippen LogP contribution in [0.5, 0.6) is 0 Å². The summed E-state index contributed by atoms with van der Waals surface area (Å²) in [6.45, 7) is 0. The molecule has 1 aromatic carbocycles. The van der Waals surface area contributed by atoms with Crippen LogP contribution < -0.4 is 11.5 Å². The number of carbonyl (C=O) groups is 1. The van der Waals surface area contributed by atoms with Crippen LogP contribution in [0.3, 0.4) is 0 Å². The Bertz CT molecular complexity index is 849. The maximum absolute atomic E-state index is 14.0. The third-order valence-electron chi connectivity index (χ3n) is 2.76. The van der Waals surface area contributed by atoms with E-state index in [1.807, 2.05) is 0 Å². The van der Waals surface area contributed by atoms with Crippen LogP contribution in [0.1, 0.15) is 10.4 Å². The van der Waals surface area contributed by atoms with Gasteiger partial charge in [-0.1, -0.05) is 11.8 Å². The Kier molecular flexibility index (Phi) is 3.18. The lowest BCUT2D eigenvalue weighted by atomic mass is 10.1. The van der Waals surface area contributed by atoms with Crippen LogP contribution in [0.2, 0.25) is 0 Å². The molecule has 0 saturated carbocycles. The first-order chi connectivity index (χ1) is 10.1. The Morgan fingerprint density at radius 2 is 2.10 bits per heavy atom. The number of nitrogen functional groups attached to an aromatic ring is 1. The Morgan fingerprint density at radius 1 is 1.29 bits per heavy atom. The molecule has 7 nitrogen and oxygen atoms in total. The highest BCUT2D eigenvalue weighted by Gasteiger charge is 2.15. The number of carbonyl (C=O) groups excluding carboxylic acids is 1. The molecule has 9 heteroatoms. The molecule has 2 heterocycles. The SMILES string of the molecule is NC(=O)c1cc(Sc2ncnc3nc[nH]c23)c(F)cc1N. The van der Waals surface area contributed by atoms with Gasteiger partial charge in [0, 0.05) is 5.69 Å². The van der Waals surface area contributed by atoms with Crippen LogP contribution in [-0.2, 0) is 0 Å². The van der Waals surface area contributed by atoms with E-state index in [1.54, 1.807) is 0 Å². The number of amides is 1. The summed E-state index contributed by atoms with van der Waals surface area (Å²) in [4.78, 5) is 26.4. The quantitative estimate of drug-likeness (QED) is 0.495. The van der Waals surface area contributed by atoms with E-state index in [0.717, 1.165) is 17.8 Å². The van der Waals surface area contributed by atoms with Gasteiger partial charge in [-0.15, -0.1) is 0 Å². The number of nitrogens with two attached hydrogens (primary N) is 2. The van der Waals surface area contributed by atoms with Gasteiger partial charge >= 0.3 is 0 Å². The zero-order chi connectivity index (χ0) is 15.0. The smallest absolute Gasteiger partial charge is 0.250 e. The largest absolute Gasteiger partial charge is 0.398 e. The Hall–Kier alpha value is -2.68. The highest BCUT2D eigenvalue weighted by molar-refractivity contribution is 7.99. The molecule has 5 N–H and O–H groups in total. The number of fused-ring (bicyclic) bond motifs is 1. The zero-order valence-corrected chi connectivity index (χ0v) is 11.3. The number of aromatic amines is 1. The molecule has 0 atom stereocenters. The molecule has 0 saturated heterocycles. The minimum atomic E-state index is -0.719. The number of aromatic nitrogens is 4. The van der Waals surface area contributed by atoms with Gasteiger partial charge in [-0.2, -0.15) is 0 Å². The van der Waals surface area contributed by atoms with E-state index in [1.165, 1.54) is 18.7 Å². The summed E-state index contributed by atoms with van der Waals surface area (Å²) < 4.78 is 14.0. The van der Waals surface area contributed by atoms with Gasteiger partial charge in [0.05, 0.1) is 16.8 Å². The van der Waals surface area contributed by atoms with Gasteiger partial charge in [0.1, 0.15) is 22.7 Å². The van der Waals surface area contributed by atoms with Gasteiger partial charge in [-0.05, 0) is 12.1 Å². The number of nitrogens with one attached hydrogen (secondary N) is 1. The van der Waals surface area contributed by atoms with Gasteiger partial charge in [-0.25, -0.2) is 19.3 Å². The Balaban J connectivity index is 2.07. The van der Waals surface area contributed by atoms with Crippen molar-refractivity contribution in [2.45, 2.75) is 9.92 Å². The Labute approximate surface area is 122 Å². The fraction of sp³-hybridized carbons (Fsp3) is 0. The first kappa shape index (κ1) is 13.3. The molecule has 21 heavy (non-hydrogen) atoms. The Morgan fingerprint density at radius 3 is 2.86 bits per heavy atom. The summed E-state index contributed by atoms with van der Waals surface area (Å²) >= 11 is 1.03. The van der Waals surface area contributed by atoms with Crippen LogP contribution in [0.4, 0.5) is 10.1 Å². The molecule has 0 aliphatic heterocycles. The van der Waals surface area contributed by atoms with E-state index in [-0.39, 0.29) is 16.1 Å². The third kappa shape index (κ3) is 2.38. The summed E-state index contributed by atoms with van der Waals surface area (Å²) in [7, 11) is 0. The van der Waals surface area contributed by atoms with Crippen molar-refractivity contribution in [1.29, 1.82) is 0 Å². The second-order valence-electron chi connectivity index (χ2n) is 4.12. The second kappa shape index (κ2) is 5.02. The van der Waals surface area contributed by atoms with Crippen LogP contribution in [-0.4, -0.2) is 25.8 Å². The highest BCUT2D eigenvalue weighted by atomic mass is 32.2. The third-order valence-corrected chi connectivity index (χ3v) is 3.80. The number of hydrogen-bond acceptors (Lipinski definition) is 6. The fourth-order valence-electron chi connectivity index (χ4n) is 1.78. The number of hydrogen-bond donors (Lipinski definition) is 3.